The number of benzene rings is 1. The second-order valence-electron chi connectivity index (χ2n) is 6.91. The highest BCUT2D eigenvalue weighted by atomic mass is 32.2. The van der Waals surface area contributed by atoms with E-state index in [2.05, 4.69) is 25.8 Å². The molecule has 1 fully saturated rings. The van der Waals surface area contributed by atoms with E-state index in [0.717, 1.165) is 29.2 Å². The molecule has 1 saturated heterocycles. The molecule has 28 heavy (non-hydrogen) atoms. The first-order valence-electron chi connectivity index (χ1n) is 9.07. The molecule has 1 aromatic carbocycles. The molecule has 0 spiro atoms. The number of nitrogens with one attached hydrogen (secondary N) is 2. The minimum atomic E-state index is -0.332. The topological polar surface area (TPSA) is 115 Å². The normalized spacial score (nSPS) is 21.6. The van der Waals surface area contributed by atoms with Crippen LogP contribution in [0.2, 0.25) is 0 Å². The van der Waals surface area contributed by atoms with E-state index < -0.39 is 0 Å². The van der Waals surface area contributed by atoms with Crippen molar-refractivity contribution in [3.63, 3.8) is 0 Å². The summed E-state index contributed by atoms with van der Waals surface area (Å²) < 4.78 is 7.05. The fourth-order valence-electron chi connectivity index (χ4n) is 3.62. The van der Waals surface area contributed by atoms with Gasteiger partial charge in [0.15, 0.2) is 0 Å². The zero-order valence-corrected chi connectivity index (χ0v) is 15.7. The molecule has 2 aromatic heterocycles. The Bertz CT molecular complexity index is 1110. The van der Waals surface area contributed by atoms with Crippen LogP contribution in [0.25, 0.3) is 11.0 Å². The third kappa shape index (κ3) is 3.08. The summed E-state index contributed by atoms with van der Waals surface area (Å²) in [6.07, 6.45) is 0.850. The van der Waals surface area contributed by atoms with Crippen molar-refractivity contribution in [2.24, 2.45) is 0 Å². The summed E-state index contributed by atoms with van der Waals surface area (Å²) in [6, 6.07) is 6.13. The number of H-pyrrole nitrogens is 1. The lowest BCUT2D eigenvalue weighted by atomic mass is 10.1. The Morgan fingerprint density at radius 3 is 3.07 bits per heavy atom. The highest BCUT2D eigenvalue weighted by molar-refractivity contribution is 7.98. The number of amides is 1. The number of ether oxygens (including phenoxy) is 1. The molecule has 144 valence electrons. The molecule has 2 aliphatic rings. The van der Waals surface area contributed by atoms with Crippen LogP contribution in [-0.4, -0.2) is 56.1 Å². The fourth-order valence-corrected chi connectivity index (χ4v) is 4.57. The second-order valence-corrected chi connectivity index (χ2v) is 8.02. The van der Waals surface area contributed by atoms with Gasteiger partial charge in [0.1, 0.15) is 17.1 Å². The van der Waals surface area contributed by atoms with Crippen LogP contribution in [0.5, 0.6) is 0 Å². The van der Waals surface area contributed by atoms with Gasteiger partial charge in [0.25, 0.3) is 11.5 Å². The lowest BCUT2D eigenvalue weighted by Crippen LogP contribution is -2.44. The van der Waals surface area contributed by atoms with Gasteiger partial charge in [0.2, 0.25) is 0 Å². The SMILES string of the molecule is O=C(NC1COCC1n1nc2c(cc1=O)CSCC2)c1ccc2n[nH]nc2c1. The van der Waals surface area contributed by atoms with E-state index in [0.29, 0.717) is 29.8 Å². The molecule has 0 aliphatic carbocycles. The number of aromatic nitrogens is 5. The van der Waals surface area contributed by atoms with Gasteiger partial charge in [-0.3, -0.25) is 9.59 Å². The second kappa shape index (κ2) is 7.02. The van der Waals surface area contributed by atoms with E-state index in [-0.39, 0.29) is 23.6 Å². The minimum Gasteiger partial charge on any atom is -0.377 e. The Morgan fingerprint density at radius 2 is 2.14 bits per heavy atom. The molecule has 2 atom stereocenters. The van der Waals surface area contributed by atoms with Crippen molar-refractivity contribution >= 4 is 28.7 Å². The van der Waals surface area contributed by atoms with Gasteiger partial charge in [-0.25, -0.2) is 4.68 Å². The summed E-state index contributed by atoms with van der Waals surface area (Å²) in [5, 5.41) is 18.1. The third-order valence-electron chi connectivity index (χ3n) is 5.12. The molecule has 3 aromatic rings. The van der Waals surface area contributed by atoms with Gasteiger partial charge in [0, 0.05) is 23.8 Å². The number of rotatable bonds is 3. The van der Waals surface area contributed by atoms with Crippen molar-refractivity contribution in [2.45, 2.75) is 24.3 Å². The first-order chi connectivity index (χ1) is 13.7. The van der Waals surface area contributed by atoms with Gasteiger partial charge in [-0.15, -0.1) is 0 Å². The van der Waals surface area contributed by atoms with Crippen LogP contribution in [0.3, 0.4) is 0 Å². The van der Waals surface area contributed by atoms with Gasteiger partial charge < -0.3 is 10.1 Å². The summed E-state index contributed by atoms with van der Waals surface area (Å²) >= 11 is 1.81. The van der Waals surface area contributed by atoms with Gasteiger partial charge in [-0.1, -0.05) is 0 Å². The standard InChI is InChI=1S/C18H18N6O3S/c25-17-6-11-9-28-4-3-12(11)22-24(17)16-8-27-7-15(16)19-18(26)10-1-2-13-14(5-10)21-23-20-13/h1-2,5-6,15-16H,3-4,7-9H2,(H,19,26)(H,20,21,23). The average molecular weight is 398 g/mol. The molecule has 1 amide bonds. The van der Waals surface area contributed by atoms with Gasteiger partial charge in [0.05, 0.1) is 24.9 Å². The molecule has 0 radical (unpaired) electrons. The quantitative estimate of drug-likeness (QED) is 0.666. The van der Waals surface area contributed by atoms with Crippen LogP contribution in [0.15, 0.2) is 29.1 Å². The summed E-state index contributed by atoms with van der Waals surface area (Å²) in [5.41, 5.74) is 3.62. The van der Waals surface area contributed by atoms with Crippen LogP contribution in [0.1, 0.15) is 27.7 Å². The molecule has 0 bridgehead atoms. The fraction of sp³-hybridized carbons (Fsp3) is 0.389. The number of fused-ring (bicyclic) bond motifs is 2. The number of hydrogen-bond donors (Lipinski definition) is 2. The van der Waals surface area contributed by atoms with Gasteiger partial charge in [-0.05, 0) is 29.5 Å². The van der Waals surface area contributed by atoms with E-state index in [9.17, 15) is 9.59 Å². The van der Waals surface area contributed by atoms with E-state index in [4.69, 9.17) is 4.74 Å². The van der Waals surface area contributed by atoms with Crippen LogP contribution >= 0.6 is 11.8 Å². The molecule has 4 heterocycles. The molecule has 2 aliphatic heterocycles. The van der Waals surface area contributed by atoms with Gasteiger partial charge >= 0.3 is 0 Å². The van der Waals surface area contributed by atoms with E-state index >= 15 is 0 Å². The zero-order chi connectivity index (χ0) is 19.1. The van der Waals surface area contributed by atoms with Crippen molar-refractivity contribution in [3.8, 4) is 0 Å². The number of hydrogen-bond acceptors (Lipinski definition) is 7. The molecule has 0 saturated carbocycles. The van der Waals surface area contributed by atoms with Crippen molar-refractivity contribution in [3.05, 3.63) is 51.4 Å². The minimum absolute atomic E-state index is 0.153. The highest BCUT2D eigenvalue weighted by Gasteiger charge is 2.33. The Balaban J connectivity index is 1.39. The number of carbonyl (C=O) groups is 1. The van der Waals surface area contributed by atoms with E-state index in [1.54, 1.807) is 24.3 Å². The Morgan fingerprint density at radius 1 is 1.25 bits per heavy atom. The molecule has 9 nitrogen and oxygen atoms in total. The summed E-state index contributed by atoms with van der Waals surface area (Å²) in [5.74, 6) is 1.58. The van der Waals surface area contributed by atoms with Crippen LogP contribution < -0.4 is 10.9 Å². The maximum atomic E-state index is 12.7. The summed E-state index contributed by atoms with van der Waals surface area (Å²) in [7, 11) is 0. The first kappa shape index (κ1) is 17.4. The summed E-state index contributed by atoms with van der Waals surface area (Å²) in [4.78, 5) is 25.3. The summed E-state index contributed by atoms with van der Waals surface area (Å²) in [6.45, 7) is 0.678. The number of thioether (sulfide) groups is 1. The smallest absolute Gasteiger partial charge is 0.267 e. The van der Waals surface area contributed by atoms with Crippen LogP contribution in [0.4, 0.5) is 0 Å². The van der Waals surface area contributed by atoms with E-state index in [1.165, 1.54) is 4.68 Å². The van der Waals surface area contributed by atoms with Crippen molar-refractivity contribution in [1.82, 2.24) is 30.5 Å². The Kier molecular flexibility index (Phi) is 4.36. The maximum absolute atomic E-state index is 12.7. The first-order valence-corrected chi connectivity index (χ1v) is 10.2. The van der Waals surface area contributed by atoms with Crippen LogP contribution in [0, 0.1) is 0 Å². The molecule has 2 unspecified atom stereocenters. The predicted octanol–water partition coefficient (Wildman–Crippen LogP) is 0.674. The molecule has 5 rings (SSSR count). The monoisotopic (exact) mass is 398 g/mol. The average Bonchev–Trinajstić information content (AvgIpc) is 3.36. The van der Waals surface area contributed by atoms with Crippen molar-refractivity contribution < 1.29 is 9.53 Å². The Hall–Kier alpha value is -2.72. The van der Waals surface area contributed by atoms with Crippen molar-refractivity contribution in [2.75, 3.05) is 19.0 Å². The van der Waals surface area contributed by atoms with E-state index in [1.807, 2.05) is 11.8 Å². The number of carbonyl (C=O) groups excluding carboxylic acids is 1. The Labute approximate surface area is 163 Å². The number of nitrogens with zero attached hydrogens (tertiary/aromatic N) is 4. The lowest BCUT2D eigenvalue weighted by molar-refractivity contribution is 0.0924. The zero-order valence-electron chi connectivity index (χ0n) is 14.9. The van der Waals surface area contributed by atoms with Crippen molar-refractivity contribution in [1.29, 1.82) is 0 Å². The van der Waals surface area contributed by atoms with Crippen LogP contribution in [-0.2, 0) is 16.9 Å². The lowest BCUT2D eigenvalue weighted by Gasteiger charge is -2.22. The number of aromatic amines is 1. The maximum Gasteiger partial charge on any atom is 0.267 e. The molecular formula is C18H18N6O3S. The highest BCUT2D eigenvalue weighted by Crippen LogP contribution is 2.24. The number of aryl methyl sites for hydroxylation is 1. The van der Waals surface area contributed by atoms with Gasteiger partial charge in [-0.2, -0.15) is 32.3 Å². The molecule has 2 N–H and O–H groups in total. The third-order valence-corrected chi connectivity index (χ3v) is 6.13. The molecule has 10 heteroatoms. The molecular weight excluding hydrogens is 380 g/mol. The largest absolute Gasteiger partial charge is 0.377 e. The predicted molar refractivity (Wildman–Crippen MR) is 103 cm³/mol.